The Hall–Kier alpha value is -5.23. The van der Waals surface area contributed by atoms with Crippen LogP contribution in [0.3, 0.4) is 0 Å². The van der Waals surface area contributed by atoms with Crippen molar-refractivity contribution in [3.8, 4) is 0 Å². The summed E-state index contributed by atoms with van der Waals surface area (Å²) in [4.78, 5) is 62.6. The normalized spacial score (nSPS) is 18.5. The fourth-order valence-corrected chi connectivity index (χ4v) is 6.89. The number of benzene rings is 3. The molecule has 0 aromatic heterocycles. The Labute approximate surface area is 319 Å². The van der Waals surface area contributed by atoms with E-state index in [1.54, 1.807) is 56.0 Å². The van der Waals surface area contributed by atoms with Crippen LogP contribution in [0.25, 0.3) is 5.57 Å². The van der Waals surface area contributed by atoms with Crippen molar-refractivity contribution in [2.75, 3.05) is 25.0 Å². The van der Waals surface area contributed by atoms with Gasteiger partial charge in [-0.15, -0.1) is 0 Å². The number of amides is 3. The molecule has 0 aliphatic carbocycles. The Morgan fingerprint density at radius 3 is 2.24 bits per heavy atom. The van der Waals surface area contributed by atoms with E-state index in [0.29, 0.717) is 42.7 Å². The van der Waals surface area contributed by atoms with Gasteiger partial charge in [-0.25, -0.2) is 14.0 Å². The molecule has 3 amide bonds. The molecule has 6 rings (SSSR count). The van der Waals surface area contributed by atoms with E-state index in [4.69, 9.17) is 25.9 Å². The first-order valence-electron chi connectivity index (χ1n) is 17.9. The van der Waals surface area contributed by atoms with E-state index in [9.17, 15) is 23.6 Å². The highest BCUT2D eigenvalue weighted by atomic mass is 35.5. The van der Waals surface area contributed by atoms with Crippen LogP contribution in [0, 0.1) is 5.82 Å². The summed E-state index contributed by atoms with van der Waals surface area (Å²) in [6.45, 7) is 11.9. The zero-order valence-electron chi connectivity index (χ0n) is 31.2. The summed E-state index contributed by atoms with van der Waals surface area (Å²) in [6.07, 6.45) is 1.55. The molecule has 54 heavy (non-hydrogen) atoms. The van der Waals surface area contributed by atoms with Crippen LogP contribution in [-0.2, 0) is 30.3 Å². The summed E-state index contributed by atoms with van der Waals surface area (Å²) in [7, 11) is 0. The highest BCUT2D eigenvalue weighted by Gasteiger charge is 2.42. The monoisotopic (exact) mass is 758 g/mol. The predicted molar refractivity (Wildman–Crippen MR) is 203 cm³/mol. The second kappa shape index (κ2) is 15.3. The minimum atomic E-state index is -1.09. The van der Waals surface area contributed by atoms with Crippen molar-refractivity contribution in [2.45, 2.75) is 84.2 Å². The number of anilines is 1. The molecule has 0 radical (unpaired) electrons. The van der Waals surface area contributed by atoms with Crippen molar-refractivity contribution >= 4 is 52.5 Å². The number of hydrogen-bond acceptors (Lipinski definition) is 8. The zero-order chi connectivity index (χ0) is 38.9. The van der Waals surface area contributed by atoms with Crippen molar-refractivity contribution in [3.63, 3.8) is 0 Å². The minimum Gasteiger partial charge on any atom is -0.456 e. The number of rotatable bonds is 6. The van der Waals surface area contributed by atoms with Gasteiger partial charge in [-0.1, -0.05) is 47.1 Å². The Kier molecular flexibility index (Phi) is 10.9. The second-order valence-electron chi connectivity index (χ2n) is 15.5. The number of esters is 1. The van der Waals surface area contributed by atoms with Gasteiger partial charge in [0.25, 0.3) is 11.8 Å². The lowest BCUT2D eigenvalue weighted by molar-refractivity contribution is -0.148. The lowest BCUT2D eigenvalue weighted by atomic mass is 9.84. The standard InChI is InChI=1S/C41H44ClFN4O7/c1-40(2,3)52-38(50)25-13-15-26(16-14-25)44-36(48)35-29-10-7-9-27(24-17-20-46(21-18-24)39(51)53-41(4,5)6)28(29)19-22-47(35)37(49)33-23-32(45-54-33)30-11-8-12-31(42)34(30)43/h7-17,33,35H,18-23H2,1-6H3,(H,44,48)/t33?,35-/m0/s1. The molecule has 0 fully saturated rings. The van der Waals surface area contributed by atoms with Gasteiger partial charge in [0.2, 0.25) is 6.10 Å². The number of nitrogens with zero attached hydrogens (tertiary/aromatic N) is 3. The van der Waals surface area contributed by atoms with Gasteiger partial charge in [0, 0.05) is 37.3 Å². The van der Waals surface area contributed by atoms with Crippen LogP contribution in [0.5, 0.6) is 0 Å². The van der Waals surface area contributed by atoms with Gasteiger partial charge in [0.1, 0.15) is 17.2 Å². The number of carbonyl (C=O) groups is 4. The average molecular weight is 759 g/mol. The summed E-state index contributed by atoms with van der Waals surface area (Å²) >= 11 is 6.00. The first kappa shape index (κ1) is 38.5. The molecular weight excluding hydrogens is 715 g/mol. The number of ether oxygens (including phenoxy) is 2. The van der Waals surface area contributed by atoms with Gasteiger partial charge >= 0.3 is 12.1 Å². The smallest absolute Gasteiger partial charge is 0.410 e. The van der Waals surface area contributed by atoms with Crippen LogP contribution in [0.15, 0.2) is 71.9 Å². The maximum absolute atomic E-state index is 14.9. The zero-order valence-corrected chi connectivity index (χ0v) is 32.0. The summed E-state index contributed by atoms with van der Waals surface area (Å²) in [6, 6.07) is 15.5. The van der Waals surface area contributed by atoms with E-state index in [1.165, 1.54) is 17.0 Å². The quantitative estimate of drug-likeness (QED) is 0.255. The fourth-order valence-electron chi connectivity index (χ4n) is 6.71. The van der Waals surface area contributed by atoms with E-state index in [-0.39, 0.29) is 35.4 Å². The Bertz CT molecular complexity index is 2030. The lowest BCUT2D eigenvalue weighted by Crippen LogP contribution is -2.49. The van der Waals surface area contributed by atoms with E-state index in [0.717, 1.165) is 16.7 Å². The molecule has 3 heterocycles. The highest BCUT2D eigenvalue weighted by Crippen LogP contribution is 2.38. The largest absolute Gasteiger partial charge is 0.456 e. The molecular formula is C41H44ClFN4O7. The molecule has 3 aliphatic rings. The first-order valence-corrected chi connectivity index (χ1v) is 18.3. The third-order valence-corrected chi connectivity index (χ3v) is 9.45. The number of fused-ring (bicyclic) bond motifs is 1. The topological polar surface area (TPSA) is 127 Å². The average Bonchev–Trinajstić information content (AvgIpc) is 3.61. The van der Waals surface area contributed by atoms with E-state index in [2.05, 4.69) is 10.5 Å². The Morgan fingerprint density at radius 1 is 0.889 bits per heavy atom. The fraction of sp³-hybridized carbons (Fsp3) is 0.390. The Morgan fingerprint density at radius 2 is 1.57 bits per heavy atom. The van der Waals surface area contributed by atoms with Crippen molar-refractivity contribution in [1.29, 1.82) is 0 Å². The van der Waals surface area contributed by atoms with Gasteiger partial charge in [-0.3, -0.25) is 9.59 Å². The number of carbonyl (C=O) groups excluding carboxylic acids is 4. The van der Waals surface area contributed by atoms with Crippen LogP contribution in [-0.4, -0.2) is 76.3 Å². The van der Waals surface area contributed by atoms with Crippen LogP contribution in [0.2, 0.25) is 5.02 Å². The second-order valence-corrected chi connectivity index (χ2v) is 15.9. The maximum atomic E-state index is 14.9. The molecule has 3 aromatic rings. The molecule has 11 nitrogen and oxygen atoms in total. The molecule has 0 saturated carbocycles. The van der Waals surface area contributed by atoms with Crippen molar-refractivity contribution in [2.24, 2.45) is 5.16 Å². The van der Waals surface area contributed by atoms with Gasteiger partial charge in [-0.2, -0.15) is 0 Å². The van der Waals surface area contributed by atoms with Gasteiger partial charge in [0.05, 0.1) is 16.3 Å². The molecule has 284 valence electrons. The first-order chi connectivity index (χ1) is 25.5. The molecule has 2 atom stereocenters. The molecule has 0 saturated heterocycles. The molecule has 13 heteroatoms. The van der Waals surface area contributed by atoms with E-state index >= 15 is 0 Å². The maximum Gasteiger partial charge on any atom is 0.410 e. The van der Waals surface area contributed by atoms with Crippen molar-refractivity contribution < 1.29 is 37.9 Å². The predicted octanol–water partition coefficient (Wildman–Crippen LogP) is 7.72. The highest BCUT2D eigenvalue weighted by molar-refractivity contribution is 6.31. The SMILES string of the molecule is CC(C)(C)OC(=O)c1ccc(NC(=O)[C@@H]2c3cccc(C4=CCN(C(=O)OC(C)(C)C)CC4)c3CCN2C(=O)C2CC(c3cccc(Cl)c3F)=NO2)cc1. The van der Waals surface area contributed by atoms with Crippen LogP contribution >= 0.6 is 11.6 Å². The molecule has 1 N–H and O–H groups in total. The van der Waals surface area contributed by atoms with Crippen LogP contribution in [0.1, 0.15) is 93.0 Å². The number of nitrogens with one attached hydrogen (secondary N) is 1. The number of halogens is 2. The van der Waals surface area contributed by atoms with Crippen LogP contribution in [0.4, 0.5) is 14.9 Å². The molecule has 0 bridgehead atoms. The van der Waals surface area contributed by atoms with E-state index < -0.39 is 46.9 Å². The molecule has 1 unspecified atom stereocenters. The van der Waals surface area contributed by atoms with Gasteiger partial charge < -0.3 is 29.4 Å². The molecule has 3 aliphatic heterocycles. The van der Waals surface area contributed by atoms with Crippen molar-refractivity contribution in [3.05, 3.63) is 105 Å². The minimum absolute atomic E-state index is 0.0129. The van der Waals surface area contributed by atoms with Crippen LogP contribution < -0.4 is 5.32 Å². The Balaban J connectivity index is 1.28. The summed E-state index contributed by atoms with van der Waals surface area (Å²) < 4.78 is 25.9. The van der Waals surface area contributed by atoms with E-state index in [1.807, 2.05) is 45.0 Å². The molecule has 0 spiro atoms. The number of oxime groups is 1. The molecule has 3 aromatic carbocycles. The third-order valence-electron chi connectivity index (χ3n) is 9.15. The number of hydrogen-bond donors (Lipinski definition) is 1. The van der Waals surface area contributed by atoms with Crippen molar-refractivity contribution in [1.82, 2.24) is 9.80 Å². The summed E-state index contributed by atoms with van der Waals surface area (Å²) in [5.41, 5.74) is 3.38. The third kappa shape index (κ3) is 8.59. The lowest BCUT2D eigenvalue weighted by Gasteiger charge is -2.38. The van der Waals surface area contributed by atoms with Gasteiger partial charge in [0.15, 0.2) is 5.82 Å². The van der Waals surface area contributed by atoms with Gasteiger partial charge in [-0.05, 0) is 113 Å². The summed E-state index contributed by atoms with van der Waals surface area (Å²) in [5.74, 6) is -2.10. The summed E-state index contributed by atoms with van der Waals surface area (Å²) in [5, 5.41) is 6.89.